The van der Waals surface area contributed by atoms with Crippen molar-refractivity contribution in [1.29, 1.82) is 0 Å². The molecule has 1 aromatic carbocycles. The van der Waals surface area contributed by atoms with Crippen molar-refractivity contribution < 1.29 is 9.59 Å². The van der Waals surface area contributed by atoms with Gasteiger partial charge < -0.3 is 10.6 Å². The maximum Gasteiger partial charge on any atom is 0.246 e. The number of hydrogen-bond donors (Lipinski definition) is 1. The summed E-state index contributed by atoms with van der Waals surface area (Å²) < 4.78 is 0. The highest BCUT2D eigenvalue weighted by Crippen LogP contribution is 2.25. The Hall–Kier alpha value is -1.52. The lowest BCUT2D eigenvalue weighted by molar-refractivity contribution is -0.130. The van der Waals surface area contributed by atoms with Crippen LogP contribution in [0.1, 0.15) is 18.4 Å². The maximum absolute atomic E-state index is 12.1. The van der Waals surface area contributed by atoms with Crippen molar-refractivity contribution >= 4 is 41.1 Å². The summed E-state index contributed by atoms with van der Waals surface area (Å²) in [5.74, 6) is -0.537. The van der Waals surface area contributed by atoms with Crippen LogP contribution in [0.2, 0.25) is 10.0 Å². The van der Waals surface area contributed by atoms with E-state index in [-0.39, 0.29) is 17.7 Å². The maximum atomic E-state index is 12.1. The fourth-order valence-electron chi connectivity index (χ4n) is 2.31. The first-order valence-corrected chi connectivity index (χ1v) is 7.45. The molecule has 1 aromatic rings. The van der Waals surface area contributed by atoms with Crippen molar-refractivity contribution in [2.24, 2.45) is 11.7 Å². The number of amides is 2. The Morgan fingerprint density at radius 2 is 1.76 bits per heavy atom. The molecule has 2 amide bonds. The van der Waals surface area contributed by atoms with Crippen LogP contribution in [0.15, 0.2) is 24.3 Å². The van der Waals surface area contributed by atoms with E-state index in [0.717, 1.165) is 0 Å². The van der Waals surface area contributed by atoms with Gasteiger partial charge in [0.2, 0.25) is 11.8 Å². The SMILES string of the molecule is NC(=O)C1CCN(C(=O)/C=C/c2c(Cl)cccc2Cl)CC1. The highest BCUT2D eigenvalue weighted by molar-refractivity contribution is 6.37. The van der Waals surface area contributed by atoms with E-state index in [4.69, 9.17) is 28.9 Å². The van der Waals surface area contributed by atoms with E-state index in [1.165, 1.54) is 6.08 Å². The second-order valence-electron chi connectivity index (χ2n) is 4.97. The molecule has 6 heteroatoms. The lowest BCUT2D eigenvalue weighted by Crippen LogP contribution is -2.41. The van der Waals surface area contributed by atoms with Crippen LogP contribution in [0.25, 0.3) is 6.08 Å². The average molecular weight is 327 g/mol. The van der Waals surface area contributed by atoms with E-state index in [2.05, 4.69) is 0 Å². The van der Waals surface area contributed by atoms with Crippen molar-refractivity contribution in [2.75, 3.05) is 13.1 Å². The topological polar surface area (TPSA) is 63.4 Å². The number of carbonyl (C=O) groups excluding carboxylic acids is 2. The molecule has 0 spiro atoms. The fraction of sp³-hybridized carbons (Fsp3) is 0.333. The first-order valence-electron chi connectivity index (χ1n) is 6.69. The number of nitrogens with zero attached hydrogens (tertiary/aromatic N) is 1. The van der Waals surface area contributed by atoms with Crippen molar-refractivity contribution in [3.8, 4) is 0 Å². The molecule has 4 nitrogen and oxygen atoms in total. The molecule has 1 saturated heterocycles. The zero-order valence-corrected chi connectivity index (χ0v) is 12.9. The normalized spacial score (nSPS) is 16.4. The summed E-state index contributed by atoms with van der Waals surface area (Å²) >= 11 is 12.1. The van der Waals surface area contributed by atoms with Gasteiger partial charge in [0.15, 0.2) is 0 Å². The number of rotatable bonds is 3. The van der Waals surface area contributed by atoms with E-state index in [0.29, 0.717) is 41.5 Å². The zero-order chi connectivity index (χ0) is 15.4. The fourth-order valence-corrected chi connectivity index (χ4v) is 2.84. The number of likely N-dealkylation sites (tertiary alicyclic amines) is 1. The summed E-state index contributed by atoms with van der Waals surface area (Å²) in [6.45, 7) is 1.07. The van der Waals surface area contributed by atoms with Crippen LogP contribution in [-0.4, -0.2) is 29.8 Å². The molecule has 21 heavy (non-hydrogen) atoms. The number of primary amides is 1. The zero-order valence-electron chi connectivity index (χ0n) is 11.4. The number of benzene rings is 1. The molecule has 1 heterocycles. The monoisotopic (exact) mass is 326 g/mol. The Balaban J connectivity index is 1.99. The summed E-state index contributed by atoms with van der Waals surface area (Å²) in [4.78, 5) is 24.9. The van der Waals surface area contributed by atoms with Gasteiger partial charge >= 0.3 is 0 Å². The van der Waals surface area contributed by atoms with Gasteiger partial charge in [-0.25, -0.2) is 0 Å². The van der Waals surface area contributed by atoms with Crippen molar-refractivity contribution in [2.45, 2.75) is 12.8 Å². The molecule has 1 aliphatic rings. The minimum atomic E-state index is -0.291. The Bertz CT molecular complexity index is 559. The Morgan fingerprint density at radius 1 is 1.19 bits per heavy atom. The second-order valence-corrected chi connectivity index (χ2v) is 5.78. The van der Waals surface area contributed by atoms with Crippen LogP contribution in [0.4, 0.5) is 0 Å². The van der Waals surface area contributed by atoms with Crippen LogP contribution in [0.5, 0.6) is 0 Å². The van der Waals surface area contributed by atoms with Crippen LogP contribution in [-0.2, 0) is 9.59 Å². The summed E-state index contributed by atoms with van der Waals surface area (Å²) in [6, 6.07) is 5.18. The van der Waals surface area contributed by atoms with Crippen LogP contribution < -0.4 is 5.73 Å². The molecule has 1 aliphatic heterocycles. The third kappa shape index (κ3) is 3.99. The van der Waals surface area contributed by atoms with Gasteiger partial charge in [-0.2, -0.15) is 0 Å². The summed E-state index contributed by atoms with van der Waals surface area (Å²) in [5, 5.41) is 0.998. The van der Waals surface area contributed by atoms with E-state index < -0.39 is 0 Å². The Kier molecular flexibility index (Phi) is 5.26. The molecule has 0 bridgehead atoms. The van der Waals surface area contributed by atoms with Gasteiger partial charge in [-0.05, 0) is 31.1 Å². The first kappa shape index (κ1) is 15.9. The second kappa shape index (κ2) is 6.96. The number of nitrogens with two attached hydrogens (primary N) is 1. The average Bonchev–Trinajstić information content (AvgIpc) is 2.46. The predicted molar refractivity (Wildman–Crippen MR) is 84.0 cm³/mol. The number of halogens is 2. The van der Waals surface area contributed by atoms with Gasteiger partial charge in [0, 0.05) is 40.7 Å². The molecule has 1 fully saturated rings. The van der Waals surface area contributed by atoms with E-state index in [9.17, 15) is 9.59 Å². The highest BCUT2D eigenvalue weighted by atomic mass is 35.5. The van der Waals surface area contributed by atoms with Crippen molar-refractivity contribution in [3.63, 3.8) is 0 Å². The van der Waals surface area contributed by atoms with Gasteiger partial charge in [0.1, 0.15) is 0 Å². The Labute approximate surface area is 133 Å². The standard InChI is InChI=1S/C15H16Cl2N2O2/c16-12-2-1-3-13(17)11(12)4-5-14(20)19-8-6-10(7-9-19)15(18)21/h1-5,10H,6-9H2,(H2,18,21)/b5-4+. The smallest absolute Gasteiger partial charge is 0.246 e. The molecule has 0 aliphatic carbocycles. The summed E-state index contributed by atoms with van der Waals surface area (Å²) in [6.07, 6.45) is 4.30. The molecule has 2 rings (SSSR count). The number of piperidine rings is 1. The molecule has 112 valence electrons. The number of carbonyl (C=O) groups is 2. The molecular formula is C15H16Cl2N2O2. The summed E-state index contributed by atoms with van der Waals surface area (Å²) in [5.41, 5.74) is 5.90. The molecule has 0 radical (unpaired) electrons. The molecule has 2 N–H and O–H groups in total. The Morgan fingerprint density at radius 3 is 2.29 bits per heavy atom. The van der Waals surface area contributed by atoms with Gasteiger partial charge in [0.05, 0.1) is 0 Å². The predicted octanol–water partition coefficient (Wildman–Crippen LogP) is 2.73. The number of hydrogen-bond acceptors (Lipinski definition) is 2. The highest BCUT2D eigenvalue weighted by Gasteiger charge is 2.24. The van der Waals surface area contributed by atoms with Crippen LogP contribution >= 0.6 is 23.2 Å². The van der Waals surface area contributed by atoms with Crippen LogP contribution in [0, 0.1) is 5.92 Å². The van der Waals surface area contributed by atoms with Gasteiger partial charge in [-0.15, -0.1) is 0 Å². The largest absolute Gasteiger partial charge is 0.369 e. The lowest BCUT2D eigenvalue weighted by Gasteiger charge is -2.29. The third-order valence-corrected chi connectivity index (χ3v) is 4.26. The van der Waals surface area contributed by atoms with Gasteiger partial charge in [0.25, 0.3) is 0 Å². The first-order chi connectivity index (χ1) is 9.99. The minimum absolute atomic E-state index is 0.117. The lowest BCUT2D eigenvalue weighted by atomic mass is 9.96. The van der Waals surface area contributed by atoms with E-state index in [1.807, 2.05) is 0 Å². The van der Waals surface area contributed by atoms with Gasteiger partial charge in [-0.3, -0.25) is 9.59 Å². The molecular weight excluding hydrogens is 311 g/mol. The van der Waals surface area contributed by atoms with Gasteiger partial charge in [-0.1, -0.05) is 29.3 Å². The van der Waals surface area contributed by atoms with E-state index >= 15 is 0 Å². The molecule has 0 atom stereocenters. The van der Waals surface area contributed by atoms with E-state index in [1.54, 1.807) is 29.2 Å². The molecule has 0 saturated carbocycles. The minimum Gasteiger partial charge on any atom is -0.369 e. The molecule has 0 unspecified atom stereocenters. The van der Waals surface area contributed by atoms with Crippen molar-refractivity contribution in [3.05, 3.63) is 39.9 Å². The summed E-state index contributed by atoms with van der Waals surface area (Å²) in [7, 11) is 0. The molecule has 0 aromatic heterocycles. The third-order valence-electron chi connectivity index (χ3n) is 3.60. The van der Waals surface area contributed by atoms with Crippen LogP contribution in [0.3, 0.4) is 0 Å². The van der Waals surface area contributed by atoms with Crippen molar-refractivity contribution in [1.82, 2.24) is 4.90 Å². The quantitative estimate of drug-likeness (QED) is 0.868.